The van der Waals surface area contributed by atoms with Crippen LogP contribution in [0.4, 0.5) is 0 Å². The SMILES string of the molecule is CC[C@H]1[C@@H](O)[C@@H]2[C@H](CC[C@]3(C)[C@@H]([C@H](C)CCC(=O)O[C@@H]4CC[C@@]5(C)[C@@H](C4)[C@@H](CC)[C@@H](O)[C@@H]4[C@@H]5CC[C@]5(C)[C@@H]([C@H](C)CCC(=O)O)CC[C@@H]45)CC[C@@H]23)[C@@]2(C)CC[C@@H](O)C[C@@H]12. The molecule has 7 heteroatoms. The number of fused-ring (bicyclic) bond motifs is 10. The predicted octanol–water partition coefficient (Wildman–Crippen LogP) is 10.7. The van der Waals surface area contributed by atoms with Crippen LogP contribution in [0.1, 0.15) is 184 Å². The van der Waals surface area contributed by atoms with Crippen LogP contribution in [0.2, 0.25) is 0 Å². The van der Waals surface area contributed by atoms with Gasteiger partial charge in [-0.15, -0.1) is 0 Å². The number of carbonyl (C=O) groups is 2. The van der Waals surface area contributed by atoms with Crippen LogP contribution in [0.5, 0.6) is 0 Å². The topological polar surface area (TPSA) is 124 Å². The summed E-state index contributed by atoms with van der Waals surface area (Å²) in [6, 6.07) is 0. The average molecular weight is 823 g/mol. The van der Waals surface area contributed by atoms with E-state index in [1.165, 1.54) is 32.1 Å². The van der Waals surface area contributed by atoms with Crippen LogP contribution in [-0.4, -0.2) is 56.8 Å². The number of carboxylic acid groups (broad SMARTS) is 1. The summed E-state index contributed by atoms with van der Waals surface area (Å²) in [5.74, 6) is 5.15. The van der Waals surface area contributed by atoms with Gasteiger partial charge in [0.1, 0.15) is 6.10 Å². The van der Waals surface area contributed by atoms with Gasteiger partial charge in [0.2, 0.25) is 0 Å². The van der Waals surface area contributed by atoms with Gasteiger partial charge in [0.05, 0.1) is 18.3 Å². The van der Waals surface area contributed by atoms with E-state index in [1.807, 2.05) is 0 Å². The highest BCUT2D eigenvalue weighted by molar-refractivity contribution is 5.69. The van der Waals surface area contributed by atoms with Crippen molar-refractivity contribution < 1.29 is 34.8 Å². The number of carboxylic acids is 1. The minimum Gasteiger partial charge on any atom is -0.481 e. The van der Waals surface area contributed by atoms with Gasteiger partial charge in [-0.1, -0.05) is 68.2 Å². The number of hydrogen-bond donors (Lipinski definition) is 4. The largest absolute Gasteiger partial charge is 0.481 e. The molecule has 0 aromatic rings. The maximum Gasteiger partial charge on any atom is 0.306 e. The first-order chi connectivity index (χ1) is 27.9. The molecule has 0 aromatic carbocycles. The molecule has 7 nitrogen and oxygen atoms in total. The van der Waals surface area contributed by atoms with Crippen LogP contribution in [0.25, 0.3) is 0 Å². The van der Waals surface area contributed by atoms with E-state index >= 15 is 0 Å². The molecule has 0 bridgehead atoms. The second-order valence-corrected chi connectivity index (χ2v) is 24.1. The van der Waals surface area contributed by atoms with Gasteiger partial charge < -0.3 is 25.2 Å². The van der Waals surface area contributed by atoms with Crippen LogP contribution in [-0.2, 0) is 14.3 Å². The molecule has 0 unspecified atom stereocenters. The highest BCUT2D eigenvalue weighted by Crippen LogP contribution is 2.71. The van der Waals surface area contributed by atoms with E-state index in [0.29, 0.717) is 77.4 Å². The lowest BCUT2D eigenvalue weighted by molar-refractivity contribution is -0.207. The van der Waals surface area contributed by atoms with Crippen molar-refractivity contribution in [2.75, 3.05) is 0 Å². The van der Waals surface area contributed by atoms with Crippen molar-refractivity contribution >= 4 is 11.9 Å². The van der Waals surface area contributed by atoms with Crippen LogP contribution in [0, 0.1) is 105 Å². The maximum atomic E-state index is 13.7. The second-order valence-electron chi connectivity index (χ2n) is 24.1. The lowest BCUT2D eigenvalue weighted by atomic mass is 9.41. The molecule has 336 valence electrons. The van der Waals surface area contributed by atoms with Crippen molar-refractivity contribution in [3.8, 4) is 0 Å². The molecule has 8 saturated carbocycles. The molecule has 59 heavy (non-hydrogen) atoms. The molecule has 0 saturated heterocycles. The van der Waals surface area contributed by atoms with Crippen LogP contribution < -0.4 is 0 Å². The number of aliphatic hydroxyl groups is 3. The van der Waals surface area contributed by atoms with E-state index in [1.54, 1.807) is 0 Å². The molecule has 8 aliphatic carbocycles. The van der Waals surface area contributed by atoms with Gasteiger partial charge in [-0.25, -0.2) is 0 Å². The van der Waals surface area contributed by atoms with Gasteiger partial charge in [-0.05, 0) is 207 Å². The van der Waals surface area contributed by atoms with Gasteiger partial charge >= 0.3 is 11.9 Å². The third-order valence-corrected chi connectivity index (χ3v) is 22.2. The van der Waals surface area contributed by atoms with E-state index in [-0.39, 0.29) is 70.3 Å². The van der Waals surface area contributed by atoms with Crippen LogP contribution >= 0.6 is 0 Å². The smallest absolute Gasteiger partial charge is 0.306 e. The van der Waals surface area contributed by atoms with Crippen molar-refractivity contribution in [1.29, 1.82) is 0 Å². The lowest BCUT2D eigenvalue weighted by Crippen LogP contribution is -2.62. The van der Waals surface area contributed by atoms with Gasteiger partial charge in [0.25, 0.3) is 0 Å². The molecule has 0 aliphatic heterocycles. The van der Waals surface area contributed by atoms with E-state index in [0.717, 1.165) is 83.5 Å². The second kappa shape index (κ2) is 16.4. The first-order valence-corrected chi connectivity index (χ1v) is 25.4. The minimum absolute atomic E-state index is 0.0365. The summed E-state index contributed by atoms with van der Waals surface area (Å²) < 4.78 is 6.42. The summed E-state index contributed by atoms with van der Waals surface area (Å²) in [7, 11) is 0. The summed E-state index contributed by atoms with van der Waals surface area (Å²) in [6.07, 6.45) is 18.5. The first-order valence-electron chi connectivity index (χ1n) is 25.4. The molecule has 0 radical (unpaired) electrons. The zero-order valence-electron chi connectivity index (χ0n) is 38.5. The molecule has 8 rings (SSSR count). The minimum atomic E-state index is -0.695. The molecule has 4 N–H and O–H groups in total. The molecular weight excluding hydrogens is 737 g/mol. The average Bonchev–Trinajstić information content (AvgIpc) is 3.74. The summed E-state index contributed by atoms with van der Waals surface area (Å²) in [6.45, 7) is 19.3. The Morgan fingerprint density at radius 3 is 1.51 bits per heavy atom. The zero-order valence-corrected chi connectivity index (χ0v) is 38.5. The number of carbonyl (C=O) groups excluding carboxylic acids is 1. The quantitative estimate of drug-likeness (QED) is 0.153. The monoisotopic (exact) mass is 823 g/mol. The first kappa shape index (κ1) is 44.4. The van der Waals surface area contributed by atoms with Gasteiger partial charge in [0, 0.05) is 12.8 Å². The third-order valence-electron chi connectivity index (χ3n) is 22.2. The van der Waals surface area contributed by atoms with E-state index in [4.69, 9.17) is 4.74 Å². The Kier molecular flexibility index (Phi) is 12.4. The van der Waals surface area contributed by atoms with Crippen molar-refractivity contribution in [2.45, 2.75) is 208 Å². The Bertz CT molecular complexity index is 1530. The fraction of sp³-hybridized carbons (Fsp3) is 0.962. The fourth-order valence-corrected chi connectivity index (χ4v) is 19.3. The van der Waals surface area contributed by atoms with E-state index in [2.05, 4.69) is 55.4 Å². The lowest BCUT2D eigenvalue weighted by Gasteiger charge is -2.65. The number of aliphatic hydroxyl groups excluding tert-OH is 3. The van der Waals surface area contributed by atoms with Crippen molar-refractivity contribution in [2.24, 2.45) is 105 Å². The number of aliphatic carboxylic acids is 1. The third kappa shape index (κ3) is 7.12. The van der Waals surface area contributed by atoms with Crippen molar-refractivity contribution in [1.82, 2.24) is 0 Å². The summed E-state index contributed by atoms with van der Waals surface area (Å²) in [4.78, 5) is 25.2. The normalized spacial score (nSPS) is 52.5. The van der Waals surface area contributed by atoms with Crippen LogP contribution in [0.3, 0.4) is 0 Å². The van der Waals surface area contributed by atoms with Crippen molar-refractivity contribution in [3.05, 3.63) is 0 Å². The Balaban J connectivity index is 0.881. The molecule has 0 aromatic heterocycles. The van der Waals surface area contributed by atoms with Crippen LogP contribution in [0.15, 0.2) is 0 Å². The Morgan fingerprint density at radius 1 is 0.576 bits per heavy atom. The highest BCUT2D eigenvalue weighted by Gasteiger charge is 2.67. The number of rotatable bonds is 11. The Labute approximate surface area is 358 Å². The molecule has 0 heterocycles. The van der Waals surface area contributed by atoms with E-state index in [9.17, 15) is 30.0 Å². The maximum absolute atomic E-state index is 13.7. The standard InChI is InChI=1S/C52H86O7/c1-9-33-41-27-31(53)19-23-51(41,7)39-21-25-50(6)36(14-16-37(50)45(39)47(33)57)30(4)12-18-44(56)59-32-20-24-52(8)40-22-26-49(5)35(29(3)11-17-43(54)55)13-15-38(49)46(40)48(58)34(10-2)42(52)28-32/h29-42,45-48,53,57-58H,9-28H2,1-8H3,(H,54,55)/t29-,30-,31-,32-,33-,34-,35-,36-,37+,38+,39+,40+,41+,42+,45+,46+,47-,48-,49-,50-,51-,52-/m1/s1. The molecule has 8 aliphatic rings. The summed E-state index contributed by atoms with van der Waals surface area (Å²) in [5, 5.41) is 44.6. The van der Waals surface area contributed by atoms with Gasteiger partial charge in [-0.3, -0.25) is 9.59 Å². The summed E-state index contributed by atoms with van der Waals surface area (Å²) >= 11 is 0. The molecule has 8 fully saturated rings. The highest BCUT2D eigenvalue weighted by atomic mass is 16.5. The molecule has 22 atom stereocenters. The Morgan fingerprint density at radius 2 is 1.02 bits per heavy atom. The summed E-state index contributed by atoms with van der Waals surface area (Å²) in [5.41, 5.74) is 0.715. The molecule has 0 spiro atoms. The van der Waals surface area contributed by atoms with E-state index < -0.39 is 5.97 Å². The zero-order chi connectivity index (χ0) is 42.4. The number of ether oxygens (including phenoxy) is 1. The van der Waals surface area contributed by atoms with Gasteiger partial charge in [-0.2, -0.15) is 0 Å². The number of hydrogen-bond acceptors (Lipinski definition) is 6. The Hall–Kier alpha value is -1.18. The fourth-order valence-electron chi connectivity index (χ4n) is 19.3. The van der Waals surface area contributed by atoms with Crippen molar-refractivity contribution in [3.63, 3.8) is 0 Å². The number of esters is 1. The van der Waals surface area contributed by atoms with Gasteiger partial charge in [0.15, 0.2) is 0 Å². The molecule has 0 amide bonds. The predicted molar refractivity (Wildman–Crippen MR) is 232 cm³/mol. The molecular formula is C52H86O7.